The summed E-state index contributed by atoms with van der Waals surface area (Å²) < 4.78 is 5.19. The summed E-state index contributed by atoms with van der Waals surface area (Å²) in [6.07, 6.45) is 5.21. The maximum atomic E-state index is 12.1. The zero-order valence-corrected chi connectivity index (χ0v) is 15.6. The lowest BCUT2D eigenvalue weighted by Crippen LogP contribution is -2.44. The van der Waals surface area contributed by atoms with Crippen molar-refractivity contribution in [1.82, 2.24) is 14.9 Å². The Morgan fingerprint density at radius 2 is 2.04 bits per heavy atom. The van der Waals surface area contributed by atoms with Gasteiger partial charge in [0.25, 0.3) is 0 Å². The predicted octanol–water partition coefficient (Wildman–Crippen LogP) is 1.36. The van der Waals surface area contributed by atoms with E-state index in [1.165, 1.54) is 13.3 Å². The number of amides is 1. The van der Waals surface area contributed by atoms with Crippen LogP contribution in [0.2, 0.25) is 5.02 Å². The van der Waals surface area contributed by atoms with Crippen molar-refractivity contribution in [1.29, 1.82) is 5.26 Å². The van der Waals surface area contributed by atoms with Crippen LogP contribution in [0.15, 0.2) is 30.6 Å². The Morgan fingerprint density at radius 1 is 1.30 bits per heavy atom. The number of nitrogens with zero attached hydrogens (tertiary/aromatic N) is 5. The van der Waals surface area contributed by atoms with Crippen molar-refractivity contribution in [3.63, 3.8) is 0 Å². The average molecular weight is 387 g/mol. The van der Waals surface area contributed by atoms with Gasteiger partial charge in [0.1, 0.15) is 22.5 Å². The number of methoxy groups -OCH3 is 1. The molecule has 1 fully saturated rings. The Morgan fingerprint density at radius 3 is 2.59 bits per heavy atom. The number of hydrogen-bond donors (Lipinski definition) is 1. The number of nitrogens with two attached hydrogens (primary N) is 1. The van der Waals surface area contributed by atoms with Crippen molar-refractivity contribution < 1.29 is 9.53 Å². The highest BCUT2D eigenvalue weighted by Gasteiger charge is 2.24. The predicted molar refractivity (Wildman–Crippen MR) is 100 cm³/mol. The minimum absolute atomic E-state index is 0.356. The molecule has 1 amide bonds. The van der Waals surface area contributed by atoms with Crippen LogP contribution in [-0.2, 0) is 4.79 Å². The summed E-state index contributed by atoms with van der Waals surface area (Å²) in [4.78, 5) is 24.6. The molecule has 0 bridgehead atoms. The Bertz CT molecular complexity index is 859. The van der Waals surface area contributed by atoms with Crippen LogP contribution in [0, 0.1) is 11.5 Å². The van der Waals surface area contributed by atoms with Crippen LogP contribution < -0.4 is 15.4 Å². The van der Waals surface area contributed by atoms with Gasteiger partial charge in [0.2, 0.25) is 5.91 Å². The number of piperazine rings is 1. The molecule has 9 heteroatoms. The average Bonchev–Trinajstić information content (AvgIpc) is 2.70. The van der Waals surface area contributed by atoms with Gasteiger partial charge in [0, 0.05) is 44.6 Å². The molecule has 2 N–H and O–H groups in total. The molecule has 3 rings (SSSR count). The number of halogens is 1. The van der Waals surface area contributed by atoms with Crippen LogP contribution in [0.5, 0.6) is 5.75 Å². The molecule has 27 heavy (non-hydrogen) atoms. The van der Waals surface area contributed by atoms with Crippen LogP contribution >= 0.6 is 11.6 Å². The number of rotatable bonds is 5. The van der Waals surface area contributed by atoms with Crippen molar-refractivity contribution in [2.75, 3.05) is 38.2 Å². The van der Waals surface area contributed by atoms with Gasteiger partial charge in [-0.1, -0.05) is 17.7 Å². The van der Waals surface area contributed by atoms with E-state index in [2.05, 4.69) is 21.1 Å². The van der Waals surface area contributed by atoms with E-state index >= 15 is 0 Å². The SMILES string of the molecule is COc1cc(C(C(N)=O)c2ccc(N3CCN(C#N)CC3)nc2)ncc1Cl. The zero-order valence-electron chi connectivity index (χ0n) is 14.8. The van der Waals surface area contributed by atoms with Crippen LogP contribution in [-0.4, -0.2) is 54.1 Å². The van der Waals surface area contributed by atoms with Crippen molar-refractivity contribution in [2.45, 2.75) is 5.92 Å². The molecule has 1 atom stereocenters. The van der Waals surface area contributed by atoms with Crippen molar-refractivity contribution in [3.8, 4) is 11.9 Å². The standard InChI is InChI=1S/C18H19ClN6O2/c1-27-15-8-14(22-10-13(15)19)17(18(21)26)12-2-3-16(23-9-12)25-6-4-24(11-20)5-7-25/h2-3,8-10,17H,4-7H2,1H3,(H2,21,26). The smallest absolute Gasteiger partial charge is 0.231 e. The van der Waals surface area contributed by atoms with E-state index in [1.54, 1.807) is 17.2 Å². The molecule has 1 aliphatic rings. The first-order valence-corrected chi connectivity index (χ1v) is 8.75. The van der Waals surface area contributed by atoms with E-state index in [1.807, 2.05) is 12.1 Å². The second-order valence-electron chi connectivity index (χ2n) is 6.10. The minimum Gasteiger partial charge on any atom is -0.495 e. The molecule has 2 aromatic heterocycles. The van der Waals surface area contributed by atoms with E-state index in [0.717, 1.165) is 18.9 Å². The topological polar surface area (TPSA) is 108 Å². The lowest BCUT2D eigenvalue weighted by Gasteiger charge is -2.32. The third-order valence-electron chi connectivity index (χ3n) is 4.49. The highest BCUT2D eigenvalue weighted by molar-refractivity contribution is 6.31. The Balaban J connectivity index is 1.83. The highest BCUT2D eigenvalue weighted by Crippen LogP contribution is 2.30. The van der Waals surface area contributed by atoms with Gasteiger partial charge in [-0.25, -0.2) is 4.98 Å². The number of pyridine rings is 2. The van der Waals surface area contributed by atoms with Crippen molar-refractivity contribution >= 4 is 23.3 Å². The number of aromatic nitrogens is 2. The summed E-state index contributed by atoms with van der Waals surface area (Å²) in [6, 6.07) is 5.27. The Labute approximate surface area is 162 Å². The molecule has 0 aliphatic carbocycles. The molecular weight excluding hydrogens is 368 g/mol. The first-order valence-electron chi connectivity index (χ1n) is 8.37. The molecule has 140 valence electrons. The summed E-state index contributed by atoms with van der Waals surface area (Å²) in [6.45, 7) is 2.76. The number of hydrogen-bond acceptors (Lipinski definition) is 7. The van der Waals surface area contributed by atoms with Gasteiger partial charge in [-0.15, -0.1) is 0 Å². The first kappa shape index (κ1) is 18.7. The fourth-order valence-electron chi connectivity index (χ4n) is 3.02. The number of nitriles is 1. The highest BCUT2D eigenvalue weighted by atomic mass is 35.5. The first-order chi connectivity index (χ1) is 13.0. The van der Waals surface area contributed by atoms with Gasteiger partial charge < -0.3 is 20.3 Å². The van der Waals surface area contributed by atoms with Gasteiger partial charge in [-0.2, -0.15) is 5.26 Å². The number of carbonyl (C=O) groups excluding carboxylic acids is 1. The molecule has 0 spiro atoms. The number of anilines is 1. The monoisotopic (exact) mass is 386 g/mol. The normalized spacial score (nSPS) is 15.1. The van der Waals surface area contributed by atoms with Crippen LogP contribution in [0.25, 0.3) is 0 Å². The molecule has 0 radical (unpaired) electrons. The lowest BCUT2D eigenvalue weighted by atomic mass is 9.95. The molecule has 8 nitrogen and oxygen atoms in total. The largest absolute Gasteiger partial charge is 0.495 e. The third-order valence-corrected chi connectivity index (χ3v) is 4.77. The van der Waals surface area contributed by atoms with E-state index < -0.39 is 11.8 Å². The zero-order chi connectivity index (χ0) is 19.4. The number of carbonyl (C=O) groups is 1. The van der Waals surface area contributed by atoms with Gasteiger partial charge >= 0.3 is 0 Å². The van der Waals surface area contributed by atoms with Crippen LogP contribution in [0.1, 0.15) is 17.2 Å². The number of ether oxygens (including phenoxy) is 1. The maximum absolute atomic E-state index is 12.1. The van der Waals surface area contributed by atoms with Crippen molar-refractivity contribution in [2.24, 2.45) is 5.73 Å². The molecule has 2 aromatic rings. The molecule has 0 saturated carbocycles. The van der Waals surface area contributed by atoms with E-state index in [4.69, 9.17) is 27.3 Å². The molecular formula is C18H19ClN6O2. The molecule has 0 aromatic carbocycles. The molecule has 1 aliphatic heterocycles. The van der Waals surface area contributed by atoms with Crippen molar-refractivity contribution in [3.05, 3.63) is 46.9 Å². The van der Waals surface area contributed by atoms with Gasteiger partial charge in [-0.3, -0.25) is 9.78 Å². The third kappa shape index (κ3) is 4.04. The quantitative estimate of drug-likeness (QED) is 0.772. The van der Waals surface area contributed by atoms with E-state index in [-0.39, 0.29) is 0 Å². The van der Waals surface area contributed by atoms with Gasteiger partial charge in [-0.05, 0) is 11.6 Å². The van der Waals surface area contributed by atoms with Gasteiger partial charge in [0.15, 0.2) is 6.19 Å². The summed E-state index contributed by atoms with van der Waals surface area (Å²) in [5.74, 6) is -0.0775. The fraction of sp³-hybridized carbons (Fsp3) is 0.333. The summed E-state index contributed by atoms with van der Waals surface area (Å²) in [5.41, 5.74) is 6.70. The number of primary amides is 1. The van der Waals surface area contributed by atoms with E-state index in [0.29, 0.717) is 35.1 Å². The summed E-state index contributed by atoms with van der Waals surface area (Å²) in [5, 5.41) is 9.29. The Kier molecular flexibility index (Phi) is 5.62. The fourth-order valence-corrected chi connectivity index (χ4v) is 3.20. The van der Waals surface area contributed by atoms with Gasteiger partial charge in [0.05, 0.1) is 12.8 Å². The van der Waals surface area contributed by atoms with Crippen LogP contribution in [0.4, 0.5) is 5.82 Å². The summed E-state index contributed by atoms with van der Waals surface area (Å²) >= 11 is 6.01. The lowest BCUT2D eigenvalue weighted by molar-refractivity contribution is -0.118. The molecule has 1 saturated heterocycles. The Hall–Kier alpha value is -3.05. The maximum Gasteiger partial charge on any atom is 0.231 e. The van der Waals surface area contributed by atoms with Crippen LogP contribution in [0.3, 0.4) is 0 Å². The second-order valence-corrected chi connectivity index (χ2v) is 6.51. The van der Waals surface area contributed by atoms with E-state index in [9.17, 15) is 4.79 Å². The summed E-state index contributed by atoms with van der Waals surface area (Å²) in [7, 11) is 1.49. The minimum atomic E-state index is -0.756. The molecule has 1 unspecified atom stereocenters. The second kappa shape index (κ2) is 8.10. The molecule has 3 heterocycles.